The Hall–Kier alpha value is -2.59. The summed E-state index contributed by atoms with van der Waals surface area (Å²) in [5.74, 6) is -0.103. The van der Waals surface area contributed by atoms with E-state index in [1.807, 2.05) is 29.2 Å². The number of morpholine rings is 1. The van der Waals surface area contributed by atoms with Crippen LogP contribution in [0.5, 0.6) is 0 Å². The van der Waals surface area contributed by atoms with Gasteiger partial charge in [-0.1, -0.05) is 6.07 Å². The summed E-state index contributed by atoms with van der Waals surface area (Å²) in [6, 6.07) is 10.1. The number of benzene rings is 1. The van der Waals surface area contributed by atoms with Crippen LogP contribution < -0.4 is 10.6 Å². The molecular weight excluding hydrogens is 432 g/mol. The smallest absolute Gasteiger partial charge is 0.273 e. The van der Waals surface area contributed by atoms with Crippen molar-refractivity contribution in [2.45, 2.75) is 6.54 Å². The molecule has 2 fully saturated rings. The minimum absolute atomic E-state index is 0.112. The molecule has 2 N–H and O–H groups in total. The fourth-order valence-corrected chi connectivity index (χ4v) is 5.16. The summed E-state index contributed by atoms with van der Waals surface area (Å²) in [6.45, 7) is 5.66. The molecule has 0 spiro atoms. The van der Waals surface area contributed by atoms with Crippen molar-refractivity contribution in [3.8, 4) is 10.4 Å². The minimum atomic E-state index is -0.215. The predicted octanol–water partition coefficient (Wildman–Crippen LogP) is 2.05. The molecule has 0 aliphatic carbocycles. The topological polar surface area (TPSA) is 73.9 Å². The number of rotatable bonds is 5. The van der Waals surface area contributed by atoms with Crippen molar-refractivity contribution in [2.24, 2.45) is 0 Å². The molecule has 0 bridgehead atoms. The molecule has 4 heterocycles. The molecule has 9 heteroatoms. The van der Waals surface area contributed by atoms with Crippen LogP contribution >= 0.6 is 23.6 Å². The zero-order valence-electron chi connectivity index (χ0n) is 16.8. The molecule has 7 nitrogen and oxygen atoms in total. The number of thiophene rings is 1. The van der Waals surface area contributed by atoms with Crippen LogP contribution in [-0.2, 0) is 16.1 Å². The maximum atomic E-state index is 12.8. The molecule has 2 aromatic rings. The minimum Gasteiger partial charge on any atom is -0.379 e. The van der Waals surface area contributed by atoms with E-state index in [0.29, 0.717) is 17.4 Å². The first-order valence-corrected chi connectivity index (χ1v) is 11.5. The predicted molar refractivity (Wildman–Crippen MR) is 124 cm³/mol. The van der Waals surface area contributed by atoms with E-state index in [0.717, 1.165) is 65.8 Å². The van der Waals surface area contributed by atoms with Crippen LogP contribution in [0.3, 0.4) is 0 Å². The van der Waals surface area contributed by atoms with Crippen molar-refractivity contribution in [3.05, 3.63) is 52.0 Å². The number of thiocarbonyl (C=S) groups is 1. The first-order valence-electron chi connectivity index (χ1n) is 10.2. The zero-order chi connectivity index (χ0) is 21.4. The maximum absolute atomic E-state index is 12.8. The fraction of sp³-hybridized carbons (Fsp3) is 0.318. The Morgan fingerprint density at radius 2 is 1.94 bits per heavy atom. The summed E-state index contributed by atoms with van der Waals surface area (Å²) in [5, 5.41) is 5.76. The Kier molecular flexibility index (Phi) is 5.58. The van der Waals surface area contributed by atoms with Crippen molar-refractivity contribution in [1.29, 1.82) is 0 Å². The van der Waals surface area contributed by atoms with Crippen LogP contribution in [0.25, 0.3) is 16.5 Å². The summed E-state index contributed by atoms with van der Waals surface area (Å²) in [5.41, 5.74) is 3.40. The number of nitrogens with one attached hydrogen (secondary N) is 2. The van der Waals surface area contributed by atoms with Crippen molar-refractivity contribution in [3.63, 3.8) is 0 Å². The lowest BCUT2D eigenvalue weighted by atomic mass is 10.1. The van der Waals surface area contributed by atoms with Gasteiger partial charge in [0.05, 0.1) is 13.2 Å². The highest BCUT2D eigenvalue weighted by Crippen LogP contribution is 2.33. The molecule has 2 saturated heterocycles. The Bertz CT molecular complexity index is 1090. The molecule has 0 atom stereocenters. The summed E-state index contributed by atoms with van der Waals surface area (Å²) < 4.78 is 5.39. The highest BCUT2D eigenvalue weighted by atomic mass is 32.1. The molecule has 1 aromatic carbocycles. The van der Waals surface area contributed by atoms with Crippen molar-refractivity contribution in [2.75, 3.05) is 39.4 Å². The molecule has 160 valence electrons. The first kappa shape index (κ1) is 20.3. The summed E-state index contributed by atoms with van der Waals surface area (Å²) in [7, 11) is 0. The standard InChI is InChI=1S/C22H22N4O3S2/c27-20-18(23-22(30)24-20)12-16-2-4-19(31-16)14-1-3-17-15(11-14)13-26(21(17)28)6-5-25-7-9-29-10-8-25/h1-4,11-12H,5-10,13H2,(H2,23,24,27,30)/b18-12-. The van der Waals surface area contributed by atoms with Crippen molar-refractivity contribution < 1.29 is 14.3 Å². The van der Waals surface area contributed by atoms with E-state index in [2.05, 4.69) is 21.6 Å². The van der Waals surface area contributed by atoms with Crippen LogP contribution in [0.2, 0.25) is 0 Å². The maximum Gasteiger partial charge on any atom is 0.273 e. The van der Waals surface area contributed by atoms with Gasteiger partial charge in [-0.15, -0.1) is 11.3 Å². The van der Waals surface area contributed by atoms with E-state index in [-0.39, 0.29) is 11.8 Å². The highest BCUT2D eigenvalue weighted by Gasteiger charge is 2.28. The number of nitrogens with zero attached hydrogens (tertiary/aromatic N) is 2. The summed E-state index contributed by atoms with van der Waals surface area (Å²) in [4.78, 5) is 31.0. The third-order valence-corrected chi connectivity index (χ3v) is 6.98. The zero-order valence-corrected chi connectivity index (χ0v) is 18.5. The fourth-order valence-electron chi connectivity index (χ4n) is 4.01. The van der Waals surface area contributed by atoms with Gasteiger partial charge in [0.2, 0.25) is 0 Å². The van der Waals surface area contributed by atoms with Gasteiger partial charge in [0.1, 0.15) is 5.70 Å². The van der Waals surface area contributed by atoms with Crippen LogP contribution in [0, 0.1) is 0 Å². The molecule has 3 aliphatic rings. The van der Waals surface area contributed by atoms with Gasteiger partial charge < -0.3 is 15.0 Å². The second-order valence-corrected chi connectivity index (χ2v) is 9.24. The normalized spacial score (nSPS) is 20.3. The first-order chi connectivity index (χ1) is 15.1. The Balaban J connectivity index is 1.28. The third kappa shape index (κ3) is 4.27. The Labute approximate surface area is 189 Å². The van der Waals surface area contributed by atoms with Gasteiger partial charge in [-0.3, -0.25) is 19.8 Å². The van der Waals surface area contributed by atoms with Crippen LogP contribution in [0.15, 0.2) is 36.0 Å². The molecule has 5 rings (SSSR count). The van der Waals surface area contributed by atoms with Crippen LogP contribution in [0.1, 0.15) is 20.8 Å². The second-order valence-electron chi connectivity index (χ2n) is 7.72. The summed E-state index contributed by atoms with van der Waals surface area (Å²) in [6.07, 6.45) is 1.80. The van der Waals surface area contributed by atoms with Gasteiger partial charge in [-0.25, -0.2) is 0 Å². The van der Waals surface area contributed by atoms with Gasteiger partial charge in [-0.2, -0.15) is 0 Å². The van der Waals surface area contributed by atoms with E-state index in [1.165, 1.54) is 0 Å². The monoisotopic (exact) mass is 454 g/mol. The van der Waals surface area contributed by atoms with E-state index >= 15 is 0 Å². The molecule has 3 aliphatic heterocycles. The van der Waals surface area contributed by atoms with Gasteiger partial charge in [0, 0.05) is 48.0 Å². The van der Waals surface area contributed by atoms with E-state index < -0.39 is 0 Å². The largest absolute Gasteiger partial charge is 0.379 e. The number of amides is 2. The molecule has 1 aromatic heterocycles. The van der Waals surface area contributed by atoms with Gasteiger partial charge >= 0.3 is 0 Å². The molecule has 31 heavy (non-hydrogen) atoms. The quantitative estimate of drug-likeness (QED) is 0.532. The molecule has 0 unspecified atom stereocenters. The number of carbonyl (C=O) groups excluding carboxylic acids is 2. The number of hydrogen-bond donors (Lipinski definition) is 2. The average Bonchev–Trinajstić information content (AvgIpc) is 3.45. The summed E-state index contributed by atoms with van der Waals surface area (Å²) >= 11 is 6.57. The lowest BCUT2D eigenvalue weighted by molar-refractivity contribution is -0.115. The van der Waals surface area contributed by atoms with Crippen molar-refractivity contribution >= 4 is 46.6 Å². The lowest BCUT2D eigenvalue weighted by Gasteiger charge is -2.28. The van der Waals surface area contributed by atoms with Gasteiger partial charge in [0.25, 0.3) is 11.8 Å². The lowest BCUT2D eigenvalue weighted by Crippen LogP contribution is -2.41. The number of ether oxygens (including phenoxy) is 1. The highest BCUT2D eigenvalue weighted by molar-refractivity contribution is 7.80. The van der Waals surface area contributed by atoms with E-state index in [9.17, 15) is 9.59 Å². The second kappa shape index (κ2) is 8.51. The van der Waals surface area contributed by atoms with Crippen molar-refractivity contribution in [1.82, 2.24) is 20.4 Å². The van der Waals surface area contributed by atoms with E-state index in [1.54, 1.807) is 17.4 Å². The van der Waals surface area contributed by atoms with Crippen LogP contribution in [0.4, 0.5) is 0 Å². The SMILES string of the molecule is O=C1NC(=S)N/C1=C\c1ccc(-c2ccc3c(c2)CN(CCN2CCOCC2)C3=O)s1. The van der Waals surface area contributed by atoms with Gasteiger partial charge in [-0.05, 0) is 53.7 Å². The molecule has 0 saturated carbocycles. The van der Waals surface area contributed by atoms with Crippen LogP contribution in [-0.4, -0.2) is 66.1 Å². The average molecular weight is 455 g/mol. The van der Waals surface area contributed by atoms with Gasteiger partial charge in [0.15, 0.2) is 5.11 Å². The number of carbonyl (C=O) groups is 2. The Morgan fingerprint density at radius 1 is 1.10 bits per heavy atom. The Morgan fingerprint density at radius 3 is 2.71 bits per heavy atom. The number of hydrogen-bond acceptors (Lipinski definition) is 6. The molecule has 2 amide bonds. The molecule has 0 radical (unpaired) electrons. The van der Waals surface area contributed by atoms with E-state index in [4.69, 9.17) is 17.0 Å². The molecular formula is C22H22N4O3S2. The number of fused-ring (bicyclic) bond motifs is 1. The third-order valence-electron chi connectivity index (χ3n) is 5.69.